The first-order valence-corrected chi connectivity index (χ1v) is 5.46. The van der Waals surface area contributed by atoms with Gasteiger partial charge in [0.05, 0.1) is 16.4 Å². The Balaban J connectivity index is 2.38. The van der Waals surface area contributed by atoms with Crippen LogP contribution in [-0.2, 0) is 0 Å². The Bertz CT molecular complexity index is 595. The summed E-state index contributed by atoms with van der Waals surface area (Å²) in [5.41, 5.74) is 13.9. The molecule has 2 rings (SSSR count). The second-order valence-electron chi connectivity index (χ2n) is 3.58. The number of halogens is 1. The van der Waals surface area contributed by atoms with E-state index >= 15 is 0 Å². The van der Waals surface area contributed by atoms with Crippen molar-refractivity contribution in [2.75, 3.05) is 11.5 Å². The van der Waals surface area contributed by atoms with Crippen LogP contribution in [0, 0.1) is 11.8 Å². The van der Waals surface area contributed by atoms with Gasteiger partial charge in [0.25, 0.3) is 0 Å². The normalized spacial score (nSPS) is 9.47. The van der Waals surface area contributed by atoms with Gasteiger partial charge in [-0.05, 0) is 24.3 Å². The lowest BCUT2D eigenvalue weighted by Crippen LogP contribution is -1.95. The van der Waals surface area contributed by atoms with Crippen molar-refractivity contribution in [3.63, 3.8) is 0 Å². The Morgan fingerprint density at radius 3 is 2.24 bits per heavy atom. The molecule has 2 aromatic rings. The molecule has 0 radical (unpaired) electrons. The number of rotatable bonds is 0. The van der Waals surface area contributed by atoms with Gasteiger partial charge < -0.3 is 11.5 Å². The molecule has 0 saturated heterocycles. The zero-order valence-electron chi connectivity index (χ0n) is 9.07. The Labute approximate surface area is 105 Å². The molecule has 0 aliphatic rings. The van der Waals surface area contributed by atoms with Crippen molar-refractivity contribution >= 4 is 23.0 Å². The SMILES string of the molecule is Nc1cc(Cl)c(C#Cc2ccccc2)cc1N. The number of hydrogen-bond acceptors (Lipinski definition) is 2. The molecular weight excluding hydrogens is 232 g/mol. The van der Waals surface area contributed by atoms with Crippen LogP contribution in [0.1, 0.15) is 11.1 Å². The first-order chi connectivity index (χ1) is 8.16. The maximum atomic E-state index is 6.03. The van der Waals surface area contributed by atoms with Gasteiger partial charge in [-0.15, -0.1) is 0 Å². The van der Waals surface area contributed by atoms with E-state index in [0.29, 0.717) is 22.0 Å². The van der Waals surface area contributed by atoms with Gasteiger partial charge in [0.1, 0.15) is 0 Å². The van der Waals surface area contributed by atoms with Crippen LogP contribution in [0.3, 0.4) is 0 Å². The minimum Gasteiger partial charge on any atom is -0.397 e. The van der Waals surface area contributed by atoms with Crippen LogP contribution in [-0.4, -0.2) is 0 Å². The molecular formula is C14H11ClN2. The maximum Gasteiger partial charge on any atom is 0.0584 e. The number of benzene rings is 2. The number of anilines is 2. The highest BCUT2D eigenvalue weighted by molar-refractivity contribution is 6.32. The molecule has 0 aliphatic carbocycles. The third kappa shape index (κ3) is 2.72. The summed E-state index contributed by atoms with van der Waals surface area (Å²) in [6.45, 7) is 0. The van der Waals surface area contributed by atoms with Crippen LogP contribution < -0.4 is 11.5 Å². The van der Waals surface area contributed by atoms with Crippen LogP contribution >= 0.6 is 11.6 Å². The van der Waals surface area contributed by atoms with Crippen LogP contribution in [0.4, 0.5) is 11.4 Å². The average Bonchev–Trinajstić information content (AvgIpc) is 2.33. The first-order valence-electron chi connectivity index (χ1n) is 5.08. The third-order valence-corrected chi connectivity index (χ3v) is 2.60. The minimum absolute atomic E-state index is 0.472. The van der Waals surface area contributed by atoms with Crippen molar-refractivity contribution in [3.05, 3.63) is 58.6 Å². The molecule has 3 heteroatoms. The summed E-state index contributed by atoms with van der Waals surface area (Å²) in [4.78, 5) is 0. The van der Waals surface area contributed by atoms with Crippen LogP contribution in [0.25, 0.3) is 0 Å². The molecule has 17 heavy (non-hydrogen) atoms. The summed E-state index contributed by atoms with van der Waals surface area (Å²) >= 11 is 6.03. The molecule has 2 nitrogen and oxygen atoms in total. The molecule has 0 unspecified atom stereocenters. The van der Waals surface area contributed by atoms with Crippen molar-refractivity contribution < 1.29 is 0 Å². The third-order valence-electron chi connectivity index (χ3n) is 2.29. The summed E-state index contributed by atoms with van der Waals surface area (Å²) < 4.78 is 0. The summed E-state index contributed by atoms with van der Waals surface area (Å²) in [7, 11) is 0. The van der Waals surface area contributed by atoms with Crippen LogP contribution in [0.2, 0.25) is 5.02 Å². The molecule has 0 bridgehead atoms. The topological polar surface area (TPSA) is 52.0 Å². The molecule has 0 fully saturated rings. The van der Waals surface area contributed by atoms with Gasteiger partial charge in [-0.2, -0.15) is 0 Å². The Kier molecular flexibility index (Phi) is 3.22. The van der Waals surface area contributed by atoms with E-state index < -0.39 is 0 Å². The van der Waals surface area contributed by atoms with E-state index in [1.165, 1.54) is 0 Å². The van der Waals surface area contributed by atoms with Gasteiger partial charge in [0.2, 0.25) is 0 Å². The molecule has 2 aromatic carbocycles. The molecule has 0 heterocycles. The fourth-order valence-electron chi connectivity index (χ4n) is 1.36. The second-order valence-corrected chi connectivity index (χ2v) is 3.98. The largest absolute Gasteiger partial charge is 0.397 e. The number of hydrogen-bond donors (Lipinski definition) is 2. The molecule has 0 atom stereocenters. The van der Waals surface area contributed by atoms with Gasteiger partial charge in [0, 0.05) is 11.1 Å². The van der Waals surface area contributed by atoms with Crippen molar-refractivity contribution in [1.29, 1.82) is 0 Å². The highest BCUT2D eigenvalue weighted by Gasteiger charge is 2.01. The lowest BCUT2D eigenvalue weighted by Gasteiger charge is -2.02. The zero-order chi connectivity index (χ0) is 12.3. The van der Waals surface area contributed by atoms with E-state index in [1.807, 2.05) is 30.3 Å². The second kappa shape index (κ2) is 4.82. The smallest absolute Gasteiger partial charge is 0.0584 e. The molecule has 0 saturated carbocycles. The van der Waals surface area contributed by atoms with Gasteiger partial charge >= 0.3 is 0 Å². The molecule has 84 valence electrons. The highest BCUT2D eigenvalue weighted by Crippen LogP contribution is 2.24. The number of nitrogens with two attached hydrogens (primary N) is 2. The van der Waals surface area contributed by atoms with Gasteiger partial charge in [-0.1, -0.05) is 41.6 Å². The predicted molar refractivity (Wildman–Crippen MR) is 72.7 cm³/mol. The maximum absolute atomic E-state index is 6.03. The quantitative estimate of drug-likeness (QED) is 0.551. The molecule has 4 N–H and O–H groups in total. The average molecular weight is 243 g/mol. The lowest BCUT2D eigenvalue weighted by molar-refractivity contribution is 1.61. The predicted octanol–water partition coefficient (Wildman–Crippen LogP) is 2.90. The van der Waals surface area contributed by atoms with E-state index in [-0.39, 0.29) is 0 Å². The lowest BCUT2D eigenvalue weighted by atomic mass is 10.1. The standard InChI is InChI=1S/C14H11ClN2/c15-12-9-14(17)13(16)8-11(12)7-6-10-4-2-1-3-5-10/h1-5,8-9H,16-17H2. The van der Waals surface area contributed by atoms with E-state index in [0.717, 1.165) is 5.56 Å². The molecule has 0 aliphatic heterocycles. The Morgan fingerprint density at radius 1 is 0.882 bits per heavy atom. The number of nitrogen functional groups attached to an aromatic ring is 2. The molecule has 0 amide bonds. The van der Waals surface area contributed by atoms with Crippen LogP contribution in [0.5, 0.6) is 0 Å². The molecule has 0 aromatic heterocycles. The van der Waals surface area contributed by atoms with E-state index in [9.17, 15) is 0 Å². The monoisotopic (exact) mass is 242 g/mol. The zero-order valence-corrected chi connectivity index (χ0v) is 9.83. The highest BCUT2D eigenvalue weighted by atomic mass is 35.5. The summed E-state index contributed by atoms with van der Waals surface area (Å²) in [6.07, 6.45) is 0. The van der Waals surface area contributed by atoms with Crippen molar-refractivity contribution in [1.82, 2.24) is 0 Å². The Hall–Kier alpha value is -2.11. The van der Waals surface area contributed by atoms with Crippen molar-refractivity contribution in [2.45, 2.75) is 0 Å². The molecule has 0 spiro atoms. The van der Waals surface area contributed by atoms with Gasteiger partial charge in [-0.25, -0.2) is 0 Å². The Morgan fingerprint density at radius 2 is 1.53 bits per heavy atom. The summed E-state index contributed by atoms with van der Waals surface area (Å²) in [6, 6.07) is 13.0. The van der Waals surface area contributed by atoms with E-state index in [4.69, 9.17) is 23.1 Å². The van der Waals surface area contributed by atoms with E-state index in [2.05, 4.69) is 11.8 Å². The van der Waals surface area contributed by atoms with Crippen LogP contribution in [0.15, 0.2) is 42.5 Å². The van der Waals surface area contributed by atoms with E-state index in [1.54, 1.807) is 12.1 Å². The van der Waals surface area contributed by atoms with Crippen molar-refractivity contribution in [3.8, 4) is 11.8 Å². The van der Waals surface area contributed by atoms with Crippen molar-refractivity contribution in [2.24, 2.45) is 0 Å². The first kappa shape index (κ1) is 11.4. The van der Waals surface area contributed by atoms with Gasteiger partial charge in [0.15, 0.2) is 0 Å². The fraction of sp³-hybridized carbons (Fsp3) is 0. The minimum atomic E-state index is 0.472. The summed E-state index contributed by atoms with van der Waals surface area (Å²) in [5, 5.41) is 0.514. The fourth-order valence-corrected chi connectivity index (χ4v) is 1.58. The van der Waals surface area contributed by atoms with Gasteiger partial charge in [-0.3, -0.25) is 0 Å². The summed E-state index contributed by atoms with van der Waals surface area (Å²) in [5.74, 6) is 6.00.